The van der Waals surface area contributed by atoms with Gasteiger partial charge in [0.15, 0.2) is 5.76 Å². The van der Waals surface area contributed by atoms with Crippen molar-refractivity contribution < 1.29 is 14.0 Å². The Hall–Kier alpha value is -1.47. The topological polar surface area (TPSA) is 97.4 Å². The average Bonchev–Trinajstić information content (AvgIpc) is 2.75. The predicted molar refractivity (Wildman–Crippen MR) is 69.8 cm³/mol. The molecule has 0 saturated carbocycles. The number of carbonyl (C=O) groups excluding carboxylic acids is 2. The first-order chi connectivity index (χ1) is 8.52. The van der Waals surface area contributed by atoms with Crippen LogP contribution in [0.4, 0.5) is 0 Å². The lowest BCUT2D eigenvalue weighted by Crippen LogP contribution is -2.31. The lowest BCUT2D eigenvalue weighted by molar-refractivity contribution is -0.119. The predicted octanol–water partition coefficient (Wildman–Crippen LogP) is 0.641. The summed E-state index contributed by atoms with van der Waals surface area (Å²) >= 11 is 1.42. The third-order valence-corrected chi connectivity index (χ3v) is 2.90. The molecule has 1 rings (SSSR count). The van der Waals surface area contributed by atoms with E-state index < -0.39 is 5.91 Å². The number of nitrogens with one attached hydrogen (secondary N) is 2. The van der Waals surface area contributed by atoms with Crippen LogP contribution >= 0.6 is 11.8 Å². The number of furan rings is 1. The van der Waals surface area contributed by atoms with E-state index in [-0.39, 0.29) is 17.7 Å². The molecule has 0 radical (unpaired) electrons. The van der Waals surface area contributed by atoms with Crippen LogP contribution in [-0.2, 0) is 10.5 Å². The lowest BCUT2D eigenvalue weighted by atomic mass is 10.4. The highest BCUT2D eigenvalue weighted by Crippen LogP contribution is 2.15. The lowest BCUT2D eigenvalue weighted by Gasteiger charge is -2.07. The number of amides is 2. The minimum atomic E-state index is -0.469. The van der Waals surface area contributed by atoms with Crippen molar-refractivity contribution in [3.05, 3.63) is 23.7 Å². The summed E-state index contributed by atoms with van der Waals surface area (Å²) in [5, 5.41) is 2.79. The van der Waals surface area contributed by atoms with Crippen LogP contribution in [0.15, 0.2) is 16.5 Å². The summed E-state index contributed by atoms with van der Waals surface area (Å²) in [7, 11) is 0. The molecule has 0 aromatic carbocycles. The van der Waals surface area contributed by atoms with Crippen LogP contribution in [0.2, 0.25) is 0 Å². The Bertz CT molecular complexity index is 417. The van der Waals surface area contributed by atoms with Gasteiger partial charge in [0.1, 0.15) is 5.76 Å². The zero-order chi connectivity index (χ0) is 13.5. The summed E-state index contributed by atoms with van der Waals surface area (Å²) in [4.78, 5) is 22.5. The number of hydrazine groups is 1. The Labute approximate surface area is 110 Å². The Morgan fingerprint density at radius 3 is 2.78 bits per heavy atom. The molecule has 4 N–H and O–H groups in total. The van der Waals surface area contributed by atoms with Crippen LogP contribution in [0.5, 0.6) is 0 Å². The van der Waals surface area contributed by atoms with Gasteiger partial charge >= 0.3 is 5.91 Å². The second-order valence-corrected chi connectivity index (χ2v) is 4.94. The fourth-order valence-corrected chi connectivity index (χ4v) is 1.98. The number of hydrogen-bond donors (Lipinski definition) is 3. The molecule has 100 valence electrons. The number of nitrogen functional groups attached to an aromatic ring is 1. The van der Waals surface area contributed by atoms with Gasteiger partial charge in [-0.3, -0.25) is 15.0 Å². The molecule has 0 bridgehead atoms. The normalized spacial score (nSPS) is 10.4. The third-order valence-electron chi connectivity index (χ3n) is 1.94. The van der Waals surface area contributed by atoms with Crippen LogP contribution < -0.4 is 16.6 Å². The Kier molecular flexibility index (Phi) is 5.73. The summed E-state index contributed by atoms with van der Waals surface area (Å²) < 4.78 is 5.25. The molecule has 0 saturated heterocycles. The van der Waals surface area contributed by atoms with Crippen molar-refractivity contribution in [1.82, 2.24) is 10.7 Å². The van der Waals surface area contributed by atoms with Gasteiger partial charge in [0.05, 0.1) is 11.5 Å². The SMILES string of the molecule is CC(C)NC(=O)CSCc1ccc(C(=O)NN)o1. The summed E-state index contributed by atoms with van der Waals surface area (Å²) in [6.07, 6.45) is 0. The van der Waals surface area contributed by atoms with E-state index in [1.54, 1.807) is 12.1 Å². The summed E-state index contributed by atoms with van der Waals surface area (Å²) in [5.41, 5.74) is 1.99. The second-order valence-electron chi connectivity index (χ2n) is 3.95. The molecule has 0 fully saturated rings. The van der Waals surface area contributed by atoms with Crippen molar-refractivity contribution in [2.45, 2.75) is 25.6 Å². The molecule has 7 heteroatoms. The maximum atomic E-state index is 11.4. The fourth-order valence-electron chi connectivity index (χ4n) is 1.26. The number of hydrogen-bond acceptors (Lipinski definition) is 5. The van der Waals surface area contributed by atoms with Gasteiger partial charge in [0.2, 0.25) is 5.91 Å². The molecule has 0 spiro atoms. The van der Waals surface area contributed by atoms with Crippen molar-refractivity contribution in [2.24, 2.45) is 5.84 Å². The van der Waals surface area contributed by atoms with E-state index in [2.05, 4.69) is 5.32 Å². The molecule has 1 aromatic rings. The quantitative estimate of drug-likeness (QED) is 0.401. The van der Waals surface area contributed by atoms with Crippen molar-refractivity contribution >= 4 is 23.6 Å². The first-order valence-electron chi connectivity index (χ1n) is 5.49. The van der Waals surface area contributed by atoms with E-state index in [0.717, 1.165) is 0 Å². The minimum Gasteiger partial charge on any atom is -0.455 e. The molecular formula is C11H17N3O3S. The number of thioether (sulfide) groups is 1. The van der Waals surface area contributed by atoms with Gasteiger partial charge in [-0.1, -0.05) is 0 Å². The van der Waals surface area contributed by atoms with Crippen molar-refractivity contribution in [3.8, 4) is 0 Å². The average molecular weight is 271 g/mol. The van der Waals surface area contributed by atoms with Gasteiger partial charge in [0.25, 0.3) is 0 Å². The fraction of sp³-hybridized carbons (Fsp3) is 0.455. The van der Waals surface area contributed by atoms with E-state index in [4.69, 9.17) is 10.3 Å². The highest BCUT2D eigenvalue weighted by molar-refractivity contribution is 7.99. The van der Waals surface area contributed by atoms with Gasteiger partial charge in [-0.2, -0.15) is 0 Å². The van der Waals surface area contributed by atoms with E-state index in [1.807, 2.05) is 19.3 Å². The Morgan fingerprint density at radius 1 is 1.44 bits per heavy atom. The highest BCUT2D eigenvalue weighted by Gasteiger charge is 2.10. The van der Waals surface area contributed by atoms with Gasteiger partial charge in [-0.05, 0) is 26.0 Å². The monoisotopic (exact) mass is 271 g/mol. The summed E-state index contributed by atoms with van der Waals surface area (Å²) in [6.45, 7) is 3.82. The van der Waals surface area contributed by atoms with Crippen molar-refractivity contribution in [2.75, 3.05) is 5.75 Å². The van der Waals surface area contributed by atoms with E-state index in [9.17, 15) is 9.59 Å². The zero-order valence-electron chi connectivity index (χ0n) is 10.4. The second kappa shape index (κ2) is 7.07. The molecule has 0 aliphatic heterocycles. The van der Waals surface area contributed by atoms with Crippen molar-refractivity contribution in [1.29, 1.82) is 0 Å². The van der Waals surface area contributed by atoms with Crippen LogP contribution in [0.1, 0.15) is 30.2 Å². The molecule has 2 amide bonds. The van der Waals surface area contributed by atoms with E-state index in [1.165, 1.54) is 11.8 Å². The summed E-state index contributed by atoms with van der Waals surface area (Å²) in [5.74, 6) is 6.19. The molecule has 0 unspecified atom stereocenters. The van der Waals surface area contributed by atoms with Gasteiger partial charge < -0.3 is 9.73 Å². The van der Waals surface area contributed by atoms with Crippen LogP contribution in [0.25, 0.3) is 0 Å². The number of rotatable bonds is 6. The Morgan fingerprint density at radius 2 is 2.17 bits per heavy atom. The van der Waals surface area contributed by atoms with E-state index in [0.29, 0.717) is 17.3 Å². The highest BCUT2D eigenvalue weighted by atomic mass is 32.2. The standard InChI is InChI=1S/C11H17N3O3S/c1-7(2)13-10(15)6-18-5-8-3-4-9(17-8)11(16)14-12/h3-4,7H,5-6,12H2,1-2H3,(H,13,15)(H,14,16). The number of carbonyl (C=O) groups is 2. The molecular weight excluding hydrogens is 254 g/mol. The molecule has 1 heterocycles. The third kappa shape index (κ3) is 4.80. The molecule has 0 aliphatic rings. The van der Waals surface area contributed by atoms with Gasteiger partial charge in [-0.15, -0.1) is 11.8 Å². The van der Waals surface area contributed by atoms with Crippen LogP contribution in [0.3, 0.4) is 0 Å². The molecule has 1 aromatic heterocycles. The first-order valence-corrected chi connectivity index (χ1v) is 6.65. The largest absolute Gasteiger partial charge is 0.455 e. The van der Waals surface area contributed by atoms with E-state index >= 15 is 0 Å². The summed E-state index contributed by atoms with van der Waals surface area (Å²) in [6, 6.07) is 3.38. The molecule has 0 atom stereocenters. The van der Waals surface area contributed by atoms with Crippen LogP contribution in [-0.4, -0.2) is 23.6 Å². The smallest absolute Gasteiger partial charge is 0.300 e. The van der Waals surface area contributed by atoms with Crippen LogP contribution in [0, 0.1) is 0 Å². The Balaban J connectivity index is 2.33. The molecule has 0 aliphatic carbocycles. The zero-order valence-corrected chi connectivity index (χ0v) is 11.2. The first kappa shape index (κ1) is 14.6. The molecule has 18 heavy (non-hydrogen) atoms. The van der Waals surface area contributed by atoms with Crippen molar-refractivity contribution in [3.63, 3.8) is 0 Å². The molecule has 6 nitrogen and oxygen atoms in total. The maximum Gasteiger partial charge on any atom is 0.300 e. The van der Waals surface area contributed by atoms with Gasteiger partial charge in [-0.25, -0.2) is 5.84 Å². The minimum absolute atomic E-state index is 0.0125. The maximum absolute atomic E-state index is 11.4. The number of nitrogens with two attached hydrogens (primary N) is 1. The van der Waals surface area contributed by atoms with Gasteiger partial charge in [0, 0.05) is 6.04 Å².